The van der Waals surface area contributed by atoms with Crippen LogP contribution >= 0.6 is 39.9 Å². The molecule has 1 atom stereocenters. The molecule has 0 bridgehead atoms. The zero-order chi connectivity index (χ0) is 19.0. The van der Waals surface area contributed by atoms with Crippen LogP contribution in [0.3, 0.4) is 0 Å². The maximum Gasteiger partial charge on any atom is 0.411 e. The molecule has 5 nitrogen and oxygen atoms in total. The molecule has 1 aliphatic rings. The minimum atomic E-state index is -4.27. The van der Waals surface area contributed by atoms with Crippen LogP contribution in [0.15, 0.2) is 33.7 Å². The molecule has 27 heavy (non-hydrogen) atoms. The number of hydrogen-bond donors (Lipinski definition) is 2. The fraction of sp³-hybridized carbons (Fsp3) is 0.588. The first-order valence-corrected chi connectivity index (χ1v) is 9.29. The number of anilines is 1. The third-order valence-electron chi connectivity index (χ3n) is 3.97. The van der Waals surface area contributed by atoms with Gasteiger partial charge in [0.15, 0.2) is 5.96 Å². The third-order valence-corrected chi connectivity index (χ3v) is 4.50. The molecular weight excluding hydrogens is 540 g/mol. The summed E-state index contributed by atoms with van der Waals surface area (Å²) in [6.45, 7) is 1.19. The normalized spacial score (nSPS) is 17.6. The summed E-state index contributed by atoms with van der Waals surface area (Å²) in [7, 11) is 1.68. The Morgan fingerprint density at radius 3 is 2.67 bits per heavy atom. The second-order valence-corrected chi connectivity index (χ2v) is 6.99. The van der Waals surface area contributed by atoms with Gasteiger partial charge in [0, 0.05) is 49.5 Å². The monoisotopic (exact) mass is 564 g/mol. The van der Waals surface area contributed by atoms with Gasteiger partial charge in [0.1, 0.15) is 6.61 Å². The molecule has 2 rings (SSSR count). The fourth-order valence-corrected chi connectivity index (χ4v) is 2.99. The molecular formula is C17H25BrF3IN4O. The SMILES string of the molecule is CN=C(NCCCOCC(F)(F)F)NC1CCN(c2ccc(Br)cc2)C1.I. The van der Waals surface area contributed by atoms with Gasteiger partial charge in [-0.2, -0.15) is 13.2 Å². The predicted molar refractivity (Wildman–Crippen MR) is 116 cm³/mol. The maximum absolute atomic E-state index is 12.0. The molecule has 1 aromatic rings. The highest BCUT2D eigenvalue weighted by atomic mass is 127. The Kier molecular flexibility index (Phi) is 10.7. The molecule has 0 amide bonds. The topological polar surface area (TPSA) is 48.9 Å². The van der Waals surface area contributed by atoms with Crippen molar-refractivity contribution in [2.24, 2.45) is 4.99 Å². The number of ether oxygens (including phenoxy) is 1. The lowest BCUT2D eigenvalue weighted by atomic mass is 10.3. The van der Waals surface area contributed by atoms with Crippen LogP contribution in [0.4, 0.5) is 18.9 Å². The Morgan fingerprint density at radius 1 is 1.33 bits per heavy atom. The molecule has 0 aromatic heterocycles. The van der Waals surface area contributed by atoms with Crippen LogP contribution in [0.5, 0.6) is 0 Å². The lowest BCUT2D eigenvalue weighted by Crippen LogP contribution is -2.45. The van der Waals surface area contributed by atoms with Crippen LogP contribution in [0, 0.1) is 0 Å². The summed E-state index contributed by atoms with van der Waals surface area (Å²) in [4.78, 5) is 6.47. The van der Waals surface area contributed by atoms with Gasteiger partial charge < -0.3 is 20.3 Å². The Hall–Kier alpha value is -0.750. The molecule has 154 valence electrons. The predicted octanol–water partition coefficient (Wildman–Crippen LogP) is 3.78. The van der Waals surface area contributed by atoms with E-state index in [1.54, 1.807) is 7.05 Å². The number of aliphatic imine (C=N–C) groups is 1. The summed E-state index contributed by atoms with van der Waals surface area (Å²) in [5, 5.41) is 6.47. The summed E-state index contributed by atoms with van der Waals surface area (Å²) in [5.74, 6) is 0.656. The first kappa shape index (κ1) is 24.3. The average Bonchev–Trinajstić information content (AvgIpc) is 3.05. The van der Waals surface area contributed by atoms with Gasteiger partial charge >= 0.3 is 6.18 Å². The number of halogens is 5. The van der Waals surface area contributed by atoms with E-state index in [-0.39, 0.29) is 36.6 Å². The first-order valence-electron chi connectivity index (χ1n) is 8.49. The summed E-state index contributed by atoms with van der Waals surface area (Å²) < 4.78 is 41.6. The molecule has 0 saturated carbocycles. The molecule has 0 aliphatic carbocycles. The zero-order valence-corrected chi connectivity index (χ0v) is 19.0. The lowest BCUT2D eigenvalue weighted by molar-refractivity contribution is -0.173. The molecule has 10 heteroatoms. The number of alkyl halides is 3. The summed E-state index contributed by atoms with van der Waals surface area (Å²) in [6.07, 6.45) is -2.80. The Balaban J connectivity index is 0.00000364. The second-order valence-electron chi connectivity index (χ2n) is 6.07. The Morgan fingerprint density at radius 2 is 2.04 bits per heavy atom. The molecule has 1 fully saturated rings. The highest BCUT2D eigenvalue weighted by molar-refractivity contribution is 14.0. The van der Waals surface area contributed by atoms with Gasteiger partial charge in [0.05, 0.1) is 0 Å². The molecule has 1 aromatic carbocycles. The van der Waals surface area contributed by atoms with Crippen molar-refractivity contribution in [3.05, 3.63) is 28.7 Å². The van der Waals surface area contributed by atoms with Crippen LogP contribution < -0.4 is 15.5 Å². The number of benzene rings is 1. The van der Waals surface area contributed by atoms with Gasteiger partial charge in [-0.15, -0.1) is 24.0 Å². The van der Waals surface area contributed by atoms with E-state index in [2.05, 4.69) is 53.3 Å². The summed E-state index contributed by atoms with van der Waals surface area (Å²) >= 11 is 3.44. The number of nitrogens with one attached hydrogen (secondary N) is 2. The molecule has 0 radical (unpaired) electrons. The van der Waals surface area contributed by atoms with Crippen molar-refractivity contribution in [1.29, 1.82) is 0 Å². The maximum atomic E-state index is 12.0. The number of guanidine groups is 1. The van der Waals surface area contributed by atoms with Crippen LogP contribution in [0.1, 0.15) is 12.8 Å². The van der Waals surface area contributed by atoms with Crippen molar-refractivity contribution in [1.82, 2.24) is 10.6 Å². The fourth-order valence-electron chi connectivity index (χ4n) is 2.72. The Bertz CT molecular complexity index is 587. The Labute approximate surface area is 183 Å². The van der Waals surface area contributed by atoms with Crippen molar-refractivity contribution >= 4 is 51.6 Å². The standard InChI is InChI=1S/C17H24BrF3N4O.HI/c1-22-16(23-8-2-10-26-12-17(19,20)21)24-14-7-9-25(11-14)15-5-3-13(18)4-6-15;/h3-6,14H,2,7-12H2,1H3,(H2,22,23,24);1H. The smallest absolute Gasteiger partial charge is 0.372 e. The van der Waals surface area contributed by atoms with E-state index >= 15 is 0 Å². The first-order chi connectivity index (χ1) is 12.4. The van der Waals surface area contributed by atoms with E-state index in [1.165, 1.54) is 5.69 Å². The largest absolute Gasteiger partial charge is 0.411 e. The second kappa shape index (κ2) is 11.9. The van der Waals surface area contributed by atoms with E-state index in [9.17, 15) is 13.2 Å². The quantitative estimate of drug-likeness (QED) is 0.229. The van der Waals surface area contributed by atoms with Crippen LogP contribution in [0.25, 0.3) is 0 Å². The van der Waals surface area contributed by atoms with Crippen molar-refractivity contribution in [3.8, 4) is 0 Å². The highest BCUT2D eigenvalue weighted by Crippen LogP contribution is 2.22. The lowest BCUT2D eigenvalue weighted by Gasteiger charge is -2.20. The minimum absolute atomic E-state index is 0. The van der Waals surface area contributed by atoms with Gasteiger partial charge in [0.25, 0.3) is 0 Å². The molecule has 1 aliphatic heterocycles. The van der Waals surface area contributed by atoms with Gasteiger partial charge in [-0.25, -0.2) is 0 Å². The van der Waals surface area contributed by atoms with E-state index in [1.807, 2.05) is 12.1 Å². The van der Waals surface area contributed by atoms with Crippen molar-refractivity contribution in [3.63, 3.8) is 0 Å². The molecule has 0 spiro atoms. The van der Waals surface area contributed by atoms with Gasteiger partial charge in [-0.05, 0) is 37.1 Å². The third kappa shape index (κ3) is 9.33. The molecule has 1 saturated heterocycles. The molecule has 1 unspecified atom stereocenters. The number of hydrogen-bond acceptors (Lipinski definition) is 3. The van der Waals surface area contributed by atoms with E-state index in [0.29, 0.717) is 18.9 Å². The minimum Gasteiger partial charge on any atom is -0.372 e. The van der Waals surface area contributed by atoms with E-state index < -0.39 is 12.8 Å². The average molecular weight is 565 g/mol. The van der Waals surface area contributed by atoms with Gasteiger partial charge in [0.2, 0.25) is 0 Å². The number of nitrogens with zero attached hydrogens (tertiary/aromatic N) is 2. The van der Waals surface area contributed by atoms with Crippen molar-refractivity contribution in [2.75, 3.05) is 44.8 Å². The molecule has 1 heterocycles. The van der Waals surface area contributed by atoms with E-state index in [4.69, 9.17) is 0 Å². The van der Waals surface area contributed by atoms with E-state index in [0.717, 1.165) is 24.0 Å². The van der Waals surface area contributed by atoms with Crippen LogP contribution in [-0.4, -0.2) is 58.1 Å². The molecule has 2 N–H and O–H groups in total. The van der Waals surface area contributed by atoms with Crippen molar-refractivity contribution in [2.45, 2.75) is 25.1 Å². The van der Waals surface area contributed by atoms with Crippen LogP contribution in [-0.2, 0) is 4.74 Å². The summed E-state index contributed by atoms with van der Waals surface area (Å²) in [6, 6.07) is 8.49. The van der Waals surface area contributed by atoms with Crippen molar-refractivity contribution < 1.29 is 17.9 Å². The highest BCUT2D eigenvalue weighted by Gasteiger charge is 2.27. The number of rotatable bonds is 7. The van der Waals surface area contributed by atoms with Gasteiger partial charge in [-0.3, -0.25) is 4.99 Å². The zero-order valence-electron chi connectivity index (χ0n) is 15.1. The summed E-state index contributed by atoms with van der Waals surface area (Å²) in [5.41, 5.74) is 1.18. The van der Waals surface area contributed by atoms with Crippen LogP contribution in [0.2, 0.25) is 0 Å². The van der Waals surface area contributed by atoms with Gasteiger partial charge in [-0.1, -0.05) is 15.9 Å².